The van der Waals surface area contributed by atoms with Crippen LogP contribution in [0.15, 0.2) is 4.99 Å². The highest BCUT2D eigenvalue weighted by molar-refractivity contribution is 5.77. The molecular weight excluding hydrogens is 162 g/mol. The molecule has 5 N–H and O–H groups in total. The van der Waals surface area contributed by atoms with Crippen LogP contribution in [0.2, 0.25) is 0 Å². The standard InChI is InChI=1S/C4H9N7O/c5-3(6)7-4-8-10-11(9-4)1-2-12/h12H,1-2H2,(H4,5,6,7,9). The Kier molecular flexibility index (Phi) is 2.53. The zero-order chi connectivity index (χ0) is 8.97. The minimum atomic E-state index is -0.126. The van der Waals surface area contributed by atoms with Crippen LogP contribution in [-0.2, 0) is 6.54 Å². The molecule has 0 aromatic carbocycles. The molecule has 0 unspecified atom stereocenters. The maximum absolute atomic E-state index is 8.50. The zero-order valence-electron chi connectivity index (χ0n) is 6.25. The number of aliphatic hydroxyl groups excluding tert-OH is 1. The lowest BCUT2D eigenvalue weighted by molar-refractivity contribution is 0.259. The van der Waals surface area contributed by atoms with Gasteiger partial charge in [-0.25, -0.2) is 0 Å². The fraction of sp³-hybridized carbons (Fsp3) is 0.500. The van der Waals surface area contributed by atoms with Crippen LogP contribution in [0, 0.1) is 0 Å². The molecule has 0 spiro atoms. The van der Waals surface area contributed by atoms with Gasteiger partial charge in [-0.2, -0.15) is 9.79 Å². The monoisotopic (exact) mass is 171 g/mol. The van der Waals surface area contributed by atoms with Gasteiger partial charge in [0.1, 0.15) is 0 Å². The number of aliphatic hydroxyl groups is 1. The van der Waals surface area contributed by atoms with Gasteiger partial charge in [-0.05, 0) is 5.21 Å². The van der Waals surface area contributed by atoms with Crippen molar-refractivity contribution in [1.82, 2.24) is 20.2 Å². The summed E-state index contributed by atoms with van der Waals surface area (Å²) < 4.78 is 0. The van der Waals surface area contributed by atoms with Crippen molar-refractivity contribution < 1.29 is 5.11 Å². The maximum atomic E-state index is 8.50. The first kappa shape index (κ1) is 8.40. The number of guanidine groups is 1. The number of tetrazole rings is 1. The molecule has 66 valence electrons. The van der Waals surface area contributed by atoms with E-state index in [2.05, 4.69) is 20.4 Å². The lowest BCUT2D eigenvalue weighted by atomic mass is 10.7. The number of rotatable bonds is 3. The fourth-order valence-electron chi connectivity index (χ4n) is 0.579. The second-order valence-electron chi connectivity index (χ2n) is 1.95. The van der Waals surface area contributed by atoms with E-state index >= 15 is 0 Å². The van der Waals surface area contributed by atoms with Gasteiger partial charge in [0.25, 0.3) is 5.95 Å². The maximum Gasteiger partial charge on any atom is 0.292 e. The molecule has 8 heteroatoms. The van der Waals surface area contributed by atoms with E-state index in [1.54, 1.807) is 0 Å². The molecule has 0 fully saturated rings. The number of nitrogens with zero attached hydrogens (tertiary/aromatic N) is 5. The summed E-state index contributed by atoms with van der Waals surface area (Å²) in [5, 5.41) is 19.3. The first-order valence-corrected chi connectivity index (χ1v) is 3.20. The van der Waals surface area contributed by atoms with Crippen molar-refractivity contribution in [3.05, 3.63) is 0 Å². The fourth-order valence-corrected chi connectivity index (χ4v) is 0.579. The van der Waals surface area contributed by atoms with Crippen LogP contribution in [0.3, 0.4) is 0 Å². The minimum absolute atomic E-state index is 0.0579. The van der Waals surface area contributed by atoms with Gasteiger partial charge in [-0.3, -0.25) is 0 Å². The SMILES string of the molecule is NC(N)=Nc1nnn(CCO)n1. The van der Waals surface area contributed by atoms with Crippen molar-refractivity contribution in [1.29, 1.82) is 0 Å². The highest BCUT2D eigenvalue weighted by atomic mass is 16.3. The van der Waals surface area contributed by atoms with Crippen molar-refractivity contribution in [2.45, 2.75) is 6.54 Å². The van der Waals surface area contributed by atoms with Crippen LogP contribution in [0.5, 0.6) is 0 Å². The summed E-state index contributed by atoms with van der Waals surface area (Å²) in [6.07, 6.45) is 0. The van der Waals surface area contributed by atoms with Crippen molar-refractivity contribution in [2.75, 3.05) is 6.61 Å². The Morgan fingerprint density at radius 2 is 2.33 bits per heavy atom. The van der Waals surface area contributed by atoms with E-state index in [1.807, 2.05) is 0 Å². The van der Waals surface area contributed by atoms with Crippen molar-refractivity contribution in [2.24, 2.45) is 16.5 Å². The Labute approximate surface area is 67.9 Å². The first-order valence-electron chi connectivity index (χ1n) is 3.20. The summed E-state index contributed by atoms with van der Waals surface area (Å²) in [6.45, 7) is 0.213. The summed E-state index contributed by atoms with van der Waals surface area (Å²) in [7, 11) is 0. The van der Waals surface area contributed by atoms with E-state index in [4.69, 9.17) is 16.6 Å². The molecule has 0 aliphatic heterocycles. The van der Waals surface area contributed by atoms with E-state index in [0.29, 0.717) is 0 Å². The average molecular weight is 171 g/mol. The molecule has 1 aromatic rings. The molecule has 0 bridgehead atoms. The molecule has 12 heavy (non-hydrogen) atoms. The molecular formula is C4H9N7O. The van der Waals surface area contributed by atoms with E-state index in [9.17, 15) is 0 Å². The summed E-state index contributed by atoms with van der Waals surface area (Å²) >= 11 is 0. The average Bonchev–Trinajstić information content (AvgIpc) is 2.36. The number of hydrogen-bond donors (Lipinski definition) is 3. The second kappa shape index (κ2) is 3.62. The van der Waals surface area contributed by atoms with Crippen molar-refractivity contribution in [3.8, 4) is 0 Å². The Morgan fingerprint density at radius 1 is 1.58 bits per heavy atom. The molecule has 0 saturated carbocycles. The van der Waals surface area contributed by atoms with Gasteiger partial charge in [0.2, 0.25) is 0 Å². The molecule has 0 atom stereocenters. The molecule has 0 radical (unpaired) electrons. The number of aromatic nitrogens is 4. The zero-order valence-corrected chi connectivity index (χ0v) is 6.25. The quantitative estimate of drug-likeness (QED) is 0.342. The highest BCUT2D eigenvalue weighted by Crippen LogP contribution is 1.96. The third-order valence-electron chi connectivity index (χ3n) is 0.971. The molecule has 1 rings (SSSR count). The lowest BCUT2D eigenvalue weighted by Crippen LogP contribution is -2.22. The molecule has 1 heterocycles. The van der Waals surface area contributed by atoms with Gasteiger partial charge in [0.05, 0.1) is 13.2 Å². The third kappa shape index (κ3) is 2.16. The van der Waals surface area contributed by atoms with Gasteiger partial charge < -0.3 is 16.6 Å². The normalized spacial score (nSPS) is 9.75. The van der Waals surface area contributed by atoms with E-state index in [-0.39, 0.29) is 25.1 Å². The van der Waals surface area contributed by atoms with Crippen LogP contribution in [-0.4, -0.2) is 37.9 Å². The van der Waals surface area contributed by atoms with Gasteiger partial charge in [-0.15, -0.1) is 5.10 Å². The molecule has 0 amide bonds. The van der Waals surface area contributed by atoms with Crippen LogP contribution in [0.4, 0.5) is 5.95 Å². The van der Waals surface area contributed by atoms with Gasteiger partial charge in [0.15, 0.2) is 5.96 Å². The summed E-state index contributed by atoms with van der Waals surface area (Å²) in [5.74, 6) is -0.0398. The van der Waals surface area contributed by atoms with Crippen LogP contribution in [0.25, 0.3) is 0 Å². The van der Waals surface area contributed by atoms with Crippen LogP contribution in [0.1, 0.15) is 0 Å². The Balaban J connectivity index is 2.71. The Bertz CT molecular complexity index is 275. The van der Waals surface area contributed by atoms with Crippen molar-refractivity contribution in [3.63, 3.8) is 0 Å². The smallest absolute Gasteiger partial charge is 0.292 e. The molecule has 8 nitrogen and oxygen atoms in total. The van der Waals surface area contributed by atoms with Crippen LogP contribution >= 0.6 is 0 Å². The molecule has 0 aliphatic carbocycles. The van der Waals surface area contributed by atoms with Gasteiger partial charge in [-0.1, -0.05) is 5.10 Å². The third-order valence-corrected chi connectivity index (χ3v) is 0.971. The molecule has 1 aromatic heterocycles. The van der Waals surface area contributed by atoms with E-state index in [1.165, 1.54) is 4.80 Å². The number of nitrogens with two attached hydrogens (primary N) is 2. The first-order chi connectivity index (χ1) is 5.72. The summed E-state index contributed by atoms with van der Waals surface area (Å²) in [5.41, 5.74) is 10.1. The predicted octanol–water partition coefficient (Wildman–Crippen LogP) is -2.43. The Morgan fingerprint density at radius 3 is 2.92 bits per heavy atom. The van der Waals surface area contributed by atoms with Crippen molar-refractivity contribution >= 4 is 11.9 Å². The highest BCUT2D eigenvalue weighted by Gasteiger charge is 1.99. The second-order valence-corrected chi connectivity index (χ2v) is 1.95. The topological polar surface area (TPSA) is 128 Å². The van der Waals surface area contributed by atoms with Gasteiger partial charge >= 0.3 is 0 Å². The Hall–Kier alpha value is -1.70. The summed E-state index contributed by atoms with van der Waals surface area (Å²) in [6, 6.07) is 0. The minimum Gasteiger partial charge on any atom is -0.394 e. The number of aliphatic imine (C=N–C) groups is 1. The largest absolute Gasteiger partial charge is 0.394 e. The predicted molar refractivity (Wildman–Crippen MR) is 40.4 cm³/mol. The molecule has 0 saturated heterocycles. The molecule has 0 aliphatic rings. The van der Waals surface area contributed by atoms with Gasteiger partial charge in [0, 0.05) is 0 Å². The summed E-state index contributed by atoms with van der Waals surface area (Å²) in [4.78, 5) is 4.74. The van der Waals surface area contributed by atoms with E-state index < -0.39 is 0 Å². The van der Waals surface area contributed by atoms with Crippen LogP contribution < -0.4 is 11.5 Å². The lowest BCUT2D eigenvalue weighted by Gasteiger charge is -1.89. The number of hydrogen-bond acceptors (Lipinski definition) is 5. The van der Waals surface area contributed by atoms with E-state index in [0.717, 1.165) is 0 Å².